The first-order chi connectivity index (χ1) is 9.70. The Hall–Kier alpha value is -1.28. The molecule has 0 radical (unpaired) electrons. The monoisotopic (exact) mass is 363 g/mol. The second-order valence-electron chi connectivity index (χ2n) is 4.33. The van der Waals surface area contributed by atoms with Gasteiger partial charge in [0.2, 0.25) is 5.91 Å². The van der Waals surface area contributed by atoms with Gasteiger partial charge >= 0.3 is 0 Å². The Morgan fingerprint density at radius 1 is 1.36 bits per heavy atom. The zero-order valence-corrected chi connectivity index (χ0v) is 14.8. The molecule has 1 amide bonds. The molecule has 2 aromatic rings. The molecule has 1 N–H and O–H groups in total. The predicted molar refractivity (Wildman–Crippen MR) is 92.9 cm³/mol. The average Bonchev–Trinajstić information content (AvgIpc) is 2.94. The molecule has 0 aliphatic heterocycles. The lowest BCUT2D eigenvalue weighted by atomic mass is 10.3. The normalized spacial score (nSPS) is 9.55. The highest BCUT2D eigenvalue weighted by molar-refractivity contribution is 7.13. The Kier molecular flexibility index (Phi) is 9.84. The smallest absolute Gasteiger partial charge is 0.228 e. The van der Waals surface area contributed by atoms with Crippen molar-refractivity contribution in [3.05, 3.63) is 29.7 Å². The number of hydrogen-bond donors (Lipinski definition) is 1. The first-order valence-electron chi connectivity index (χ1n) is 6.30. The summed E-state index contributed by atoms with van der Waals surface area (Å²) in [7, 11) is 3.67. The quantitative estimate of drug-likeness (QED) is 0.844. The van der Waals surface area contributed by atoms with Crippen molar-refractivity contribution in [2.75, 3.05) is 27.2 Å². The Labute approximate surface area is 146 Å². The van der Waals surface area contributed by atoms with Gasteiger partial charge in [-0.1, -0.05) is 0 Å². The summed E-state index contributed by atoms with van der Waals surface area (Å²) in [6.07, 6.45) is 5.24. The SMILES string of the molecule is CNCCN(C)C(=O)Cc1csc(-c2cnccn2)n1.Cl.Cl. The number of hydrogen-bond acceptors (Lipinski definition) is 6. The third kappa shape index (κ3) is 5.84. The minimum absolute atomic E-state index is 0. The van der Waals surface area contributed by atoms with E-state index >= 15 is 0 Å². The van der Waals surface area contributed by atoms with E-state index in [1.807, 2.05) is 12.4 Å². The number of carbonyl (C=O) groups excluding carboxylic acids is 1. The van der Waals surface area contributed by atoms with Gasteiger partial charge in [0.25, 0.3) is 0 Å². The molecule has 6 nitrogen and oxygen atoms in total. The molecular weight excluding hydrogens is 345 g/mol. The van der Waals surface area contributed by atoms with E-state index in [0.29, 0.717) is 13.0 Å². The molecule has 122 valence electrons. The second-order valence-corrected chi connectivity index (χ2v) is 5.19. The van der Waals surface area contributed by atoms with E-state index in [1.54, 1.807) is 30.5 Å². The van der Waals surface area contributed by atoms with E-state index in [0.717, 1.165) is 22.9 Å². The molecular formula is C13H19Cl2N5OS. The van der Waals surface area contributed by atoms with Crippen molar-refractivity contribution in [2.24, 2.45) is 0 Å². The molecule has 0 aromatic carbocycles. The fourth-order valence-electron chi connectivity index (χ4n) is 1.61. The van der Waals surface area contributed by atoms with Crippen molar-refractivity contribution in [3.63, 3.8) is 0 Å². The standard InChI is InChI=1S/C13H17N5OS.2ClH/c1-14-5-6-18(2)12(19)7-10-9-20-13(17-10)11-8-15-3-4-16-11;;/h3-4,8-9,14H,5-7H2,1-2H3;2*1H. The fourth-order valence-corrected chi connectivity index (χ4v) is 2.39. The topological polar surface area (TPSA) is 71.0 Å². The van der Waals surface area contributed by atoms with Crippen molar-refractivity contribution in [1.82, 2.24) is 25.2 Å². The lowest BCUT2D eigenvalue weighted by Crippen LogP contribution is -2.33. The number of carbonyl (C=O) groups is 1. The number of nitrogens with zero attached hydrogens (tertiary/aromatic N) is 4. The molecule has 0 fully saturated rings. The van der Waals surface area contributed by atoms with Gasteiger partial charge in [0.15, 0.2) is 0 Å². The Balaban J connectivity index is 0.00000220. The Bertz CT molecular complexity index is 567. The molecule has 2 aromatic heterocycles. The largest absolute Gasteiger partial charge is 0.344 e. The zero-order chi connectivity index (χ0) is 14.4. The van der Waals surface area contributed by atoms with Crippen LogP contribution in [0, 0.1) is 0 Å². The van der Waals surface area contributed by atoms with E-state index in [2.05, 4.69) is 20.3 Å². The number of halogens is 2. The summed E-state index contributed by atoms with van der Waals surface area (Å²) in [5.41, 5.74) is 1.51. The average molecular weight is 364 g/mol. The fraction of sp³-hybridized carbons (Fsp3) is 0.385. The molecule has 0 atom stereocenters. The minimum atomic E-state index is 0. The molecule has 0 saturated carbocycles. The summed E-state index contributed by atoms with van der Waals surface area (Å²) >= 11 is 1.48. The number of thiazole rings is 1. The molecule has 0 spiro atoms. The maximum absolute atomic E-state index is 12.0. The van der Waals surface area contributed by atoms with Gasteiger partial charge in [-0.25, -0.2) is 4.98 Å². The van der Waals surface area contributed by atoms with Crippen molar-refractivity contribution in [1.29, 1.82) is 0 Å². The molecule has 9 heteroatoms. The molecule has 2 heterocycles. The summed E-state index contributed by atoms with van der Waals surface area (Å²) in [6.45, 7) is 1.47. The third-order valence-corrected chi connectivity index (χ3v) is 3.70. The van der Waals surface area contributed by atoms with Crippen LogP contribution in [0.3, 0.4) is 0 Å². The van der Waals surface area contributed by atoms with Gasteiger partial charge in [0, 0.05) is 37.9 Å². The maximum atomic E-state index is 12.0. The molecule has 2 rings (SSSR count). The van der Waals surface area contributed by atoms with Crippen molar-refractivity contribution in [2.45, 2.75) is 6.42 Å². The Morgan fingerprint density at radius 3 is 2.77 bits per heavy atom. The molecule has 0 aliphatic rings. The number of rotatable bonds is 6. The van der Waals surface area contributed by atoms with E-state index in [1.165, 1.54) is 11.3 Å². The van der Waals surface area contributed by atoms with E-state index in [-0.39, 0.29) is 30.7 Å². The number of amides is 1. The van der Waals surface area contributed by atoms with E-state index in [4.69, 9.17) is 0 Å². The van der Waals surface area contributed by atoms with Crippen LogP contribution in [0.4, 0.5) is 0 Å². The first kappa shape index (κ1) is 20.7. The van der Waals surface area contributed by atoms with Crippen LogP contribution in [0.1, 0.15) is 5.69 Å². The van der Waals surface area contributed by atoms with Gasteiger partial charge in [-0.3, -0.25) is 14.8 Å². The third-order valence-electron chi connectivity index (χ3n) is 2.79. The lowest BCUT2D eigenvalue weighted by Gasteiger charge is -2.15. The van der Waals surface area contributed by atoms with Crippen LogP contribution in [-0.2, 0) is 11.2 Å². The molecule has 0 aliphatic carbocycles. The summed E-state index contributed by atoms with van der Waals surface area (Å²) in [4.78, 5) is 26.4. The van der Waals surface area contributed by atoms with Crippen molar-refractivity contribution in [3.8, 4) is 10.7 Å². The summed E-state index contributed by atoms with van der Waals surface area (Å²) in [6, 6.07) is 0. The Morgan fingerprint density at radius 2 is 2.14 bits per heavy atom. The highest BCUT2D eigenvalue weighted by Crippen LogP contribution is 2.21. The predicted octanol–water partition coefficient (Wildman–Crippen LogP) is 1.66. The number of nitrogens with one attached hydrogen (secondary N) is 1. The summed E-state index contributed by atoms with van der Waals surface area (Å²) in [5.74, 6) is 0.0660. The van der Waals surface area contributed by atoms with Crippen molar-refractivity contribution < 1.29 is 4.79 Å². The number of aromatic nitrogens is 3. The van der Waals surface area contributed by atoms with Gasteiger partial charge in [0.05, 0.1) is 18.3 Å². The molecule has 0 unspecified atom stereocenters. The molecule has 0 saturated heterocycles. The minimum Gasteiger partial charge on any atom is -0.344 e. The van der Waals surface area contributed by atoms with Gasteiger partial charge in [-0.15, -0.1) is 36.2 Å². The van der Waals surface area contributed by atoms with E-state index in [9.17, 15) is 4.79 Å². The summed E-state index contributed by atoms with van der Waals surface area (Å²) in [5, 5.41) is 5.71. The van der Waals surface area contributed by atoms with E-state index < -0.39 is 0 Å². The van der Waals surface area contributed by atoms with Gasteiger partial charge in [-0.05, 0) is 7.05 Å². The van der Waals surface area contributed by atoms with Crippen LogP contribution in [0.5, 0.6) is 0 Å². The van der Waals surface area contributed by atoms with Crippen LogP contribution >= 0.6 is 36.2 Å². The van der Waals surface area contributed by atoms with Crippen LogP contribution in [0.2, 0.25) is 0 Å². The highest BCUT2D eigenvalue weighted by atomic mass is 35.5. The zero-order valence-electron chi connectivity index (χ0n) is 12.4. The summed E-state index contributed by atoms with van der Waals surface area (Å²) < 4.78 is 0. The van der Waals surface area contributed by atoms with Gasteiger partial charge in [0.1, 0.15) is 10.7 Å². The number of likely N-dealkylation sites (N-methyl/N-ethyl adjacent to an activating group) is 2. The van der Waals surface area contributed by atoms with Crippen LogP contribution < -0.4 is 5.32 Å². The maximum Gasteiger partial charge on any atom is 0.228 e. The highest BCUT2D eigenvalue weighted by Gasteiger charge is 2.12. The van der Waals surface area contributed by atoms with Crippen molar-refractivity contribution >= 4 is 42.1 Å². The first-order valence-corrected chi connectivity index (χ1v) is 7.18. The van der Waals surface area contributed by atoms with Crippen LogP contribution in [0.15, 0.2) is 24.0 Å². The van der Waals surface area contributed by atoms with Crippen LogP contribution in [0.25, 0.3) is 10.7 Å². The van der Waals surface area contributed by atoms with Gasteiger partial charge in [-0.2, -0.15) is 0 Å². The lowest BCUT2D eigenvalue weighted by molar-refractivity contribution is -0.129. The van der Waals surface area contributed by atoms with Gasteiger partial charge < -0.3 is 10.2 Å². The molecule has 0 bridgehead atoms. The second kappa shape index (κ2) is 10.4. The van der Waals surface area contributed by atoms with Crippen LogP contribution in [-0.4, -0.2) is 52.9 Å². The molecule has 22 heavy (non-hydrogen) atoms.